The zero-order valence-corrected chi connectivity index (χ0v) is 25.1. The normalized spacial score (nSPS) is 27.0. The predicted octanol–water partition coefficient (Wildman–Crippen LogP) is 5.21. The van der Waals surface area contributed by atoms with E-state index in [-0.39, 0.29) is 29.6 Å². The topological polar surface area (TPSA) is 63.2 Å². The lowest BCUT2D eigenvalue weighted by Crippen LogP contribution is -2.48. The zero-order valence-electron chi connectivity index (χ0n) is 23.1. The van der Waals surface area contributed by atoms with Gasteiger partial charge in [-0.15, -0.1) is 5.54 Å². The Kier molecular flexibility index (Phi) is 7.88. The first-order valence-corrected chi connectivity index (χ1v) is 18.8. The van der Waals surface area contributed by atoms with E-state index in [4.69, 9.17) is 23.4 Å². The molecule has 3 atom stereocenters. The molecule has 8 heteroatoms. The molecule has 1 saturated heterocycles. The van der Waals surface area contributed by atoms with Gasteiger partial charge in [0.2, 0.25) is 0 Å². The molecule has 1 fully saturated rings. The fourth-order valence-corrected chi connectivity index (χ4v) is 6.23. The van der Waals surface area contributed by atoms with Crippen LogP contribution in [0.2, 0.25) is 37.8 Å². The van der Waals surface area contributed by atoms with E-state index >= 15 is 0 Å². The van der Waals surface area contributed by atoms with E-state index in [2.05, 4.69) is 65.0 Å². The molecule has 0 aromatic heterocycles. The van der Waals surface area contributed by atoms with Crippen LogP contribution in [0.25, 0.3) is 0 Å². The third kappa shape index (κ3) is 5.64. The Morgan fingerprint density at radius 1 is 1.17 bits per heavy atom. The average molecular weight is 519 g/mol. The van der Waals surface area contributed by atoms with Crippen LogP contribution >= 0.6 is 0 Å². The highest BCUT2D eigenvalue weighted by molar-refractivity contribution is 6.83. The standard InChI is InChI=1S/C27H42O6Si2/c1-19-24(29-5)25(30-14-11-15-34(6,7)8)20-16-31-21(17-33-35(9,10)26(2,3)4)23(20)27(19)13-12-22(28)32-18-27/h12-13,21,23H,14,16-18H2,1-10H3/t21-,23+,27+/m0/s1. The van der Waals surface area contributed by atoms with Crippen molar-refractivity contribution < 1.29 is 28.2 Å². The van der Waals surface area contributed by atoms with Gasteiger partial charge < -0.3 is 23.4 Å². The number of carbonyl (C=O) groups is 1. The van der Waals surface area contributed by atoms with E-state index in [9.17, 15) is 4.79 Å². The van der Waals surface area contributed by atoms with Gasteiger partial charge >= 0.3 is 5.97 Å². The van der Waals surface area contributed by atoms with Crippen molar-refractivity contribution >= 4 is 22.4 Å². The molecule has 3 rings (SSSR count). The number of hydrogen-bond donors (Lipinski definition) is 0. The van der Waals surface area contributed by atoms with Crippen LogP contribution in [0, 0.1) is 22.8 Å². The lowest BCUT2D eigenvalue weighted by atomic mass is 9.62. The first-order valence-electron chi connectivity index (χ1n) is 12.4. The summed E-state index contributed by atoms with van der Waals surface area (Å²) in [7, 11) is -1.83. The second-order valence-electron chi connectivity index (χ2n) is 12.2. The van der Waals surface area contributed by atoms with Gasteiger partial charge in [0.15, 0.2) is 19.8 Å². The molecule has 2 aliphatic heterocycles. The van der Waals surface area contributed by atoms with Crippen molar-refractivity contribution in [1.29, 1.82) is 0 Å². The number of fused-ring (bicyclic) bond motifs is 2. The van der Waals surface area contributed by atoms with Crippen molar-refractivity contribution in [2.24, 2.45) is 11.3 Å². The molecule has 0 radical (unpaired) electrons. The summed E-state index contributed by atoms with van der Waals surface area (Å²) < 4.78 is 30.7. The number of methoxy groups -OCH3 is 1. The van der Waals surface area contributed by atoms with Crippen LogP contribution in [-0.2, 0) is 28.2 Å². The van der Waals surface area contributed by atoms with Crippen LogP contribution in [0.1, 0.15) is 27.7 Å². The number of esters is 1. The molecule has 0 unspecified atom stereocenters. The second-order valence-corrected chi connectivity index (χ2v) is 21.8. The minimum atomic E-state index is -1.98. The van der Waals surface area contributed by atoms with Gasteiger partial charge in [-0.1, -0.05) is 52.4 Å². The Balaban J connectivity index is 2.01. The minimum Gasteiger partial charge on any atom is -0.493 e. The van der Waals surface area contributed by atoms with Gasteiger partial charge in [0.05, 0.1) is 31.8 Å². The van der Waals surface area contributed by atoms with E-state index in [0.717, 1.165) is 11.1 Å². The van der Waals surface area contributed by atoms with Crippen LogP contribution in [0.4, 0.5) is 0 Å². The molecule has 1 spiro atoms. The fraction of sp³-hybridized carbons (Fsp3) is 0.667. The van der Waals surface area contributed by atoms with Gasteiger partial charge in [-0.05, 0) is 30.6 Å². The van der Waals surface area contributed by atoms with Gasteiger partial charge in [-0.3, -0.25) is 0 Å². The maximum Gasteiger partial charge on any atom is 0.330 e. The first-order chi connectivity index (χ1) is 16.1. The van der Waals surface area contributed by atoms with Crippen LogP contribution in [0.15, 0.2) is 34.8 Å². The molecule has 0 N–H and O–H groups in total. The molecule has 0 aromatic carbocycles. The van der Waals surface area contributed by atoms with Crippen LogP contribution in [0.3, 0.4) is 0 Å². The van der Waals surface area contributed by atoms with E-state index < -0.39 is 21.8 Å². The monoisotopic (exact) mass is 518 g/mol. The van der Waals surface area contributed by atoms with Crippen molar-refractivity contribution in [3.63, 3.8) is 0 Å². The maximum atomic E-state index is 12.0. The summed E-state index contributed by atoms with van der Waals surface area (Å²) in [6, 6.07) is 0. The predicted molar refractivity (Wildman–Crippen MR) is 143 cm³/mol. The summed E-state index contributed by atoms with van der Waals surface area (Å²) in [4.78, 5) is 12.0. The summed E-state index contributed by atoms with van der Waals surface area (Å²) in [6.45, 7) is 21.3. The Morgan fingerprint density at radius 2 is 1.86 bits per heavy atom. The number of rotatable bonds is 6. The zero-order chi connectivity index (χ0) is 26.2. The molecule has 35 heavy (non-hydrogen) atoms. The number of cyclic esters (lactones) is 1. The highest BCUT2D eigenvalue weighted by Crippen LogP contribution is 2.55. The van der Waals surface area contributed by atoms with Gasteiger partial charge in [-0.2, -0.15) is 0 Å². The number of ether oxygens (including phenoxy) is 4. The molecule has 2 heterocycles. The molecular weight excluding hydrogens is 476 g/mol. The third-order valence-electron chi connectivity index (χ3n) is 7.63. The van der Waals surface area contributed by atoms with E-state index in [0.29, 0.717) is 31.3 Å². The molecule has 0 saturated carbocycles. The lowest BCUT2D eigenvalue weighted by Gasteiger charge is -2.45. The fourth-order valence-electron chi connectivity index (χ4n) is 4.61. The Bertz CT molecular complexity index is 999. The first kappa shape index (κ1) is 27.8. The largest absolute Gasteiger partial charge is 0.493 e. The third-order valence-corrected chi connectivity index (χ3v) is 13.1. The average Bonchev–Trinajstić information content (AvgIpc) is 3.18. The molecule has 194 valence electrons. The van der Waals surface area contributed by atoms with Crippen LogP contribution in [-0.4, -0.2) is 62.0 Å². The lowest BCUT2D eigenvalue weighted by molar-refractivity contribution is -0.143. The highest BCUT2D eigenvalue weighted by Gasteiger charge is 2.56. The summed E-state index contributed by atoms with van der Waals surface area (Å²) in [5, 5.41) is 0.0944. The SMILES string of the molecule is COC1=C(C)[C@]2(C=CC(=O)OC2)[C@@H]2C(=C1OCC#C[Si](C)(C)C)CO[C@H]2CO[Si](C)(C)C(C)(C)C. The molecule has 0 aromatic rings. The van der Waals surface area contributed by atoms with Crippen LogP contribution < -0.4 is 0 Å². The maximum absolute atomic E-state index is 12.0. The van der Waals surface area contributed by atoms with E-state index in [1.165, 1.54) is 6.08 Å². The van der Waals surface area contributed by atoms with Crippen molar-refractivity contribution in [3.05, 3.63) is 34.8 Å². The van der Waals surface area contributed by atoms with Crippen molar-refractivity contribution in [1.82, 2.24) is 0 Å². The second kappa shape index (κ2) is 9.93. The summed E-state index contributed by atoms with van der Waals surface area (Å²) in [5.74, 6) is 4.15. The molecular formula is C27H42O6Si2. The summed E-state index contributed by atoms with van der Waals surface area (Å²) >= 11 is 0. The Labute approximate surface area is 213 Å². The van der Waals surface area contributed by atoms with Crippen LogP contribution in [0.5, 0.6) is 0 Å². The highest BCUT2D eigenvalue weighted by atomic mass is 28.4. The molecule has 0 amide bonds. The summed E-state index contributed by atoms with van der Waals surface area (Å²) in [5.41, 5.74) is 4.78. The Hall–Kier alpha value is -1.80. The van der Waals surface area contributed by atoms with Crippen molar-refractivity contribution in [3.8, 4) is 11.5 Å². The van der Waals surface area contributed by atoms with Gasteiger partial charge in [0.1, 0.15) is 21.3 Å². The minimum absolute atomic E-state index is 0.0875. The van der Waals surface area contributed by atoms with E-state index in [1.807, 2.05) is 13.0 Å². The van der Waals surface area contributed by atoms with Crippen molar-refractivity contribution in [2.75, 3.05) is 33.5 Å². The number of carbonyl (C=O) groups excluding carboxylic acids is 1. The molecule has 0 bridgehead atoms. The van der Waals surface area contributed by atoms with Gasteiger partial charge in [-0.25, -0.2) is 4.79 Å². The summed E-state index contributed by atoms with van der Waals surface area (Å²) in [6.07, 6.45) is 3.29. The quantitative estimate of drug-likeness (QED) is 0.273. The van der Waals surface area contributed by atoms with Gasteiger partial charge in [0, 0.05) is 17.6 Å². The van der Waals surface area contributed by atoms with Gasteiger partial charge in [0.25, 0.3) is 0 Å². The van der Waals surface area contributed by atoms with E-state index in [1.54, 1.807) is 7.11 Å². The molecule has 6 nitrogen and oxygen atoms in total. The number of hydrogen-bond acceptors (Lipinski definition) is 6. The smallest absolute Gasteiger partial charge is 0.330 e. The molecule has 3 aliphatic rings. The van der Waals surface area contributed by atoms with Crippen molar-refractivity contribution in [2.45, 2.75) is 71.6 Å². The molecule has 1 aliphatic carbocycles. The Morgan fingerprint density at radius 3 is 2.40 bits per heavy atom.